The number of methoxy groups -OCH3 is 1. The molecule has 2 amide bonds. The molecule has 0 aliphatic carbocycles. The highest BCUT2D eigenvalue weighted by atomic mass is 32.1. The minimum Gasteiger partial charge on any atom is -0.497 e. The van der Waals surface area contributed by atoms with Gasteiger partial charge in [0.2, 0.25) is 0 Å². The molecule has 0 spiro atoms. The van der Waals surface area contributed by atoms with E-state index in [1.54, 1.807) is 12.0 Å². The van der Waals surface area contributed by atoms with Crippen LogP contribution in [0, 0.1) is 18.3 Å². The Morgan fingerprint density at radius 3 is 2.77 bits per heavy atom. The highest BCUT2D eigenvalue weighted by molar-refractivity contribution is 7.14. The van der Waals surface area contributed by atoms with E-state index in [9.17, 15) is 4.79 Å². The number of aromatic nitrogens is 1. The zero-order valence-corrected chi connectivity index (χ0v) is 15.5. The number of terminal acetylenes is 1. The van der Waals surface area contributed by atoms with Crippen LogP contribution in [0.3, 0.4) is 0 Å². The third-order valence-corrected chi connectivity index (χ3v) is 5.45. The minimum absolute atomic E-state index is 0.105. The molecular formula is C19H21N3O3S. The maximum Gasteiger partial charge on any atom is 0.323 e. The fraction of sp³-hybridized carbons (Fsp3) is 0.368. The van der Waals surface area contributed by atoms with E-state index in [1.807, 2.05) is 36.6 Å². The second kappa shape index (κ2) is 7.36. The van der Waals surface area contributed by atoms with Crippen molar-refractivity contribution in [3.8, 4) is 18.1 Å². The van der Waals surface area contributed by atoms with Crippen molar-refractivity contribution in [2.75, 3.05) is 32.1 Å². The van der Waals surface area contributed by atoms with Crippen molar-refractivity contribution >= 4 is 22.5 Å². The number of thiazole rings is 1. The van der Waals surface area contributed by atoms with Gasteiger partial charge in [-0.05, 0) is 24.6 Å². The molecule has 1 aliphatic heterocycles. The van der Waals surface area contributed by atoms with Crippen LogP contribution < -0.4 is 10.1 Å². The number of anilines is 1. The Balaban J connectivity index is 1.74. The summed E-state index contributed by atoms with van der Waals surface area (Å²) >= 11 is 1.34. The smallest absolute Gasteiger partial charge is 0.323 e. The maximum atomic E-state index is 12.2. The average Bonchev–Trinajstić information content (AvgIpc) is 3.09. The lowest BCUT2D eigenvalue weighted by atomic mass is 9.81. The van der Waals surface area contributed by atoms with Crippen molar-refractivity contribution in [2.24, 2.45) is 5.92 Å². The van der Waals surface area contributed by atoms with Crippen LogP contribution in [0.25, 0.3) is 0 Å². The summed E-state index contributed by atoms with van der Waals surface area (Å²) in [7, 11) is 1.62. The van der Waals surface area contributed by atoms with Crippen molar-refractivity contribution < 1.29 is 14.6 Å². The van der Waals surface area contributed by atoms with Gasteiger partial charge in [0, 0.05) is 31.0 Å². The van der Waals surface area contributed by atoms with Crippen LogP contribution in [0.2, 0.25) is 0 Å². The number of urea groups is 1. The third-order valence-electron chi connectivity index (χ3n) is 4.69. The number of nitrogens with zero attached hydrogens (tertiary/aromatic N) is 2. The molecule has 1 aliphatic rings. The molecule has 1 saturated heterocycles. The molecule has 1 aromatic heterocycles. The summed E-state index contributed by atoms with van der Waals surface area (Å²) in [6.07, 6.45) is 5.83. The van der Waals surface area contributed by atoms with Crippen molar-refractivity contribution in [1.82, 2.24) is 9.88 Å². The van der Waals surface area contributed by atoms with Gasteiger partial charge in [0.05, 0.1) is 18.2 Å². The van der Waals surface area contributed by atoms with E-state index in [0.29, 0.717) is 23.9 Å². The van der Waals surface area contributed by atoms with Crippen LogP contribution in [-0.4, -0.2) is 47.8 Å². The molecule has 136 valence electrons. The molecule has 2 heterocycles. The van der Waals surface area contributed by atoms with Crippen molar-refractivity contribution in [1.29, 1.82) is 0 Å². The number of likely N-dealkylation sites (tertiary alicyclic amines) is 1. The standard InChI is InChI=1S/C19H21N3O3S/c1-4-19(2,14-5-7-15(25-3)8-6-14)16-12-26-17(20-16)21-18(24)22-9-13(10-22)11-23/h1,5-8,12-13,23H,9-11H2,2-3H3,(H,20,21,24). The van der Waals surface area contributed by atoms with Gasteiger partial charge in [-0.25, -0.2) is 9.78 Å². The van der Waals surface area contributed by atoms with Gasteiger partial charge in [0.15, 0.2) is 5.13 Å². The number of benzene rings is 1. The fourth-order valence-electron chi connectivity index (χ4n) is 2.81. The van der Waals surface area contributed by atoms with Crippen LogP contribution in [-0.2, 0) is 5.41 Å². The summed E-state index contributed by atoms with van der Waals surface area (Å²) in [4.78, 5) is 18.3. The van der Waals surface area contributed by atoms with Gasteiger partial charge in [-0.2, -0.15) is 0 Å². The van der Waals surface area contributed by atoms with Crippen LogP contribution >= 0.6 is 11.3 Å². The predicted octanol–water partition coefficient (Wildman–Crippen LogP) is 2.55. The topological polar surface area (TPSA) is 74.7 Å². The molecular weight excluding hydrogens is 350 g/mol. The lowest BCUT2D eigenvalue weighted by Crippen LogP contribution is -2.52. The van der Waals surface area contributed by atoms with Gasteiger partial charge in [-0.1, -0.05) is 18.1 Å². The van der Waals surface area contributed by atoms with Crippen molar-refractivity contribution in [3.05, 3.63) is 40.9 Å². The third kappa shape index (κ3) is 3.39. The molecule has 3 rings (SSSR count). The second-order valence-electron chi connectivity index (χ2n) is 6.42. The van der Waals surface area contributed by atoms with E-state index in [1.165, 1.54) is 11.3 Å². The molecule has 0 saturated carbocycles. The number of aliphatic hydroxyl groups is 1. The van der Waals surface area contributed by atoms with E-state index in [2.05, 4.69) is 16.2 Å². The van der Waals surface area contributed by atoms with Gasteiger partial charge >= 0.3 is 6.03 Å². The van der Waals surface area contributed by atoms with E-state index < -0.39 is 5.41 Å². The Kier molecular flexibility index (Phi) is 5.16. The quantitative estimate of drug-likeness (QED) is 0.792. The van der Waals surface area contributed by atoms with Gasteiger partial charge in [-0.3, -0.25) is 5.32 Å². The summed E-state index contributed by atoms with van der Waals surface area (Å²) < 4.78 is 5.19. The molecule has 1 fully saturated rings. The summed E-state index contributed by atoms with van der Waals surface area (Å²) in [5.74, 6) is 3.76. The van der Waals surface area contributed by atoms with Gasteiger partial charge in [0.25, 0.3) is 0 Å². The van der Waals surface area contributed by atoms with Gasteiger partial charge in [0.1, 0.15) is 5.75 Å². The number of nitrogens with one attached hydrogen (secondary N) is 1. The normalized spacial score (nSPS) is 16.3. The van der Waals surface area contributed by atoms with E-state index in [4.69, 9.17) is 16.3 Å². The summed E-state index contributed by atoms with van der Waals surface area (Å²) in [6, 6.07) is 7.36. The number of hydrogen-bond donors (Lipinski definition) is 2. The number of aliphatic hydroxyl groups excluding tert-OH is 1. The molecule has 1 aromatic carbocycles. The first-order chi connectivity index (χ1) is 12.5. The molecule has 2 aromatic rings. The largest absolute Gasteiger partial charge is 0.497 e. The summed E-state index contributed by atoms with van der Waals surface area (Å²) in [6.45, 7) is 3.16. The van der Waals surface area contributed by atoms with Crippen molar-refractivity contribution in [3.63, 3.8) is 0 Å². The van der Waals surface area contributed by atoms with Crippen LogP contribution in [0.4, 0.5) is 9.93 Å². The van der Waals surface area contributed by atoms with Crippen LogP contribution in [0.1, 0.15) is 18.2 Å². The number of carbonyl (C=O) groups excluding carboxylic acids is 1. The first-order valence-electron chi connectivity index (χ1n) is 8.25. The Morgan fingerprint density at radius 1 is 1.50 bits per heavy atom. The fourth-order valence-corrected chi connectivity index (χ4v) is 3.62. The molecule has 0 radical (unpaired) electrons. The van der Waals surface area contributed by atoms with Crippen LogP contribution in [0.5, 0.6) is 5.75 Å². The van der Waals surface area contributed by atoms with Gasteiger partial charge < -0.3 is 14.7 Å². The average molecular weight is 371 g/mol. The van der Waals surface area contributed by atoms with E-state index in [-0.39, 0.29) is 18.6 Å². The highest BCUT2D eigenvalue weighted by Gasteiger charge is 2.32. The monoisotopic (exact) mass is 371 g/mol. The van der Waals surface area contributed by atoms with Crippen LogP contribution in [0.15, 0.2) is 29.6 Å². The first-order valence-corrected chi connectivity index (χ1v) is 9.13. The Morgan fingerprint density at radius 2 is 2.19 bits per heavy atom. The molecule has 6 nitrogen and oxygen atoms in total. The van der Waals surface area contributed by atoms with E-state index >= 15 is 0 Å². The number of rotatable bonds is 5. The zero-order valence-electron chi connectivity index (χ0n) is 14.7. The second-order valence-corrected chi connectivity index (χ2v) is 7.28. The summed E-state index contributed by atoms with van der Waals surface area (Å²) in [5, 5.41) is 14.2. The van der Waals surface area contributed by atoms with E-state index in [0.717, 1.165) is 11.3 Å². The molecule has 1 unspecified atom stereocenters. The number of carbonyl (C=O) groups is 1. The Labute approximate surface area is 156 Å². The zero-order chi connectivity index (χ0) is 18.7. The number of hydrogen-bond acceptors (Lipinski definition) is 5. The van der Waals surface area contributed by atoms with Gasteiger partial charge in [-0.15, -0.1) is 17.8 Å². The Bertz CT molecular complexity index is 821. The lowest BCUT2D eigenvalue weighted by Gasteiger charge is -2.37. The minimum atomic E-state index is -0.704. The van der Waals surface area contributed by atoms with Crippen molar-refractivity contribution in [2.45, 2.75) is 12.3 Å². The molecule has 26 heavy (non-hydrogen) atoms. The number of ether oxygens (including phenoxy) is 1. The molecule has 0 bridgehead atoms. The maximum absolute atomic E-state index is 12.2. The highest BCUT2D eigenvalue weighted by Crippen LogP contribution is 2.34. The number of amides is 2. The molecule has 2 N–H and O–H groups in total. The first kappa shape index (κ1) is 18.2. The molecule has 7 heteroatoms. The predicted molar refractivity (Wildman–Crippen MR) is 102 cm³/mol. The summed E-state index contributed by atoms with van der Waals surface area (Å²) in [5.41, 5.74) is 0.935. The lowest BCUT2D eigenvalue weighted by molar-refractivity contribution is 0.0838. The SMILES string of the molecule is C#CC(C)(c1ccc(OC)cc1)c1csc(NC(=O)N2CC(CO)C2)n1. The molecule has 1 atom stereocenters. The Hall–Kier alpha value is -2.56.